The molecule has 0 spiro atoms. The maximum absolute atomic E-state index is 13.5. The summed E-state index contributed by atoms with van der Waals surface area (Å²) in [6.45, 7) is 7.79. The summed E-state index contributed by atoms with van der Waals surface area (Å²) in [5.41, 5.74) is 9.20. The van der Waals surface area contributed by atoms with Crippen LogP contribution >= 0.6 is 0 Å². The van der Waals surface area contributed by atoms with Crippen molar-refractivity contribution in [1.29, 1.82) is 0 Å². The number of rotatable bonds is 22. The van der Waals surface area contributed by atoms with E-state index in [1.165, 1.54) is 12.4 Å². The minimum Gasteiger partial charge on any atom is -0.490 e. The lowest BCUT2D eigenvalue weighted by Gasteiger charge is -2.33. The van der Waals surface area contributed by atoms with Crippen LogP contribution in [-0.4, -0.2) is 138 Å². The monoisotopic (exact) mass is 916 g/mol. The highest BCUT2D eigenvalue weighted by Crippen LogP contribution is 2.36. The van der Waals surface area contributed by atoms with Crippen LogP contribution in [0.1, 0.15) is 58.9 Å². The van der Waals surface area contributed by atoms with Gasteiger partial charge in [0.1, 0.15) is 47.7 Å². The molecular weight excluding hydrogens is 865 g/mol. The molecule has 19 nitrogen and oxygen atoms in total. The van der Waals surface area contributed by atoms with E-state index in [9.17, 15) is 24.0 Å². The first-order valence-electron chi connectivity index (χ1n) is 22.3. The van der Waals surface area contributed by atoms with Gasteiger partial charge in [0.2, 0.25) is 17.7 Å². The second-order valence-corrected chi connectivity index (χ2v) is 16.0. The first-order valence-corrected chi connectivity index (χ1v) is 22.3. The Balaban J connectivity index is 0.687. The fourth-order valence-electron chi connectivity index (χ4n) is 8.20. The van der Waals surface area contributed by atoms with Crippen molar-refractivity contribution >= 4 is 46.4 Å². The molecule has 2 aromatic heterocycles. The van der Waals surface area contributed by atoms with Crippen molar-refractivity contribution < 1.29 is 52.4 Å². The second kappa shape index (κ2) is 22.0. The molecule has 0 saturated carbocycles. The first kappa shape index (κ1) is 46.5. The van der Waals surface area contributed by atoms with Crippen molar-refractivity contribution in [2.75, 3.05) is 78.3 Å². The number of carbonyl (C=O) groups is 5. The van der Waals surface area contributed by atoms with E-state index in [0.29, 0.717) is 99.6 Å². The number of benzene rings is 3. The van der Waals surface area contributed by atoms with Gasteiger partial charge in [-0.25, -0.2) is 14.6 Å². The van der Waals surface area contributed by atoms with Crippen molar-refractivity contribution in [2.24, 2.45) is 0 Å². The summed E-state index contributed by atoms with van der Waals surface area (Å²) in [5.74, 6) is -0.497. The number of amides is 5. The Bertz CT molecular complexity index is 2600. The van der Waals surface area contributed by atoms with Crippen LogP contribution in [0.15, 0.2) is 91.3 Å². The lowest BCUT2D eigenvalue weighted by atomic mass is 10.0. The van der Waals surface area contributed by atoms with Gasteiger partial charge in [-0.2, -0.15) is 5.10 Å². The van der Waals surface area contributed by atoms with Crippen LogP contribution < -0.4 is 20.5 Å². The number of hydrogen-bond acceptors (Lipinski definition) is 15. The molecule has 3 N–H and O–H groups in total. The molecule has 0 radical (unpaired) electrons. The van der Waals surface area contributed by atoms with E-state index in [4.69, 9.17) is 39.3 Å². The molecule has 3 aliphatic heterocycles. The normalized spacial score (nSPS) is 17.2. The largest absolute Gasteiger partial charge is 0.490 e. The van der Waals surface area contributed by atoms with Crippen LogP contribution in [0.2, 0.25) is 0 Å². The van der Waals surface area contributed by atoms with Gasteiger partial charge in [-0.05, 0) is 67.8 Å². The van der Waals surface area contributed by atoms with E-state index in [1.54, 1.807) is 12.1 Å². The topological polar surface area (TPSA) is 229 Å². The number of nitrogens with zero attached hydrogens (tertiary/aromatic N) is 6. The Morgan fingerprint density at radius 3 is 2.18 bits per heavy atom. The van der Waals surface area contributed by atoms with Crippen LogP contribution in [0.5, 0.6) is 17.2 Å². The number of piperidine rings is 2. The molecule has 5 heterocycles. The quantitative estimate of drug-likeness (QED) is 0.0553. The minimum atomic E-state index is -1.06. The van der Waals surface area contributed by atoms with Crippen molar-refractivity contribution in [1.82, 2.24) is 34.9 Å². The van der Waals surface area contributed by atoms with Gasteiger partial charge in [0.15, 0.2) is 5.65 Å². The highest BCUT2D eigenvalue weighted by atomic mass is 16.6. The Hall–Kier alpha value is -7.06. The van der Waals surface area contributed by atoms with Crippen molar-refractivity contribution in [3.63, 3.8) is 0 Å². The summed E-state index contributed by atoms with van der Waals surface area (Å²) in [4.78, 5) is 75.2. The van der Waals surface area contributed by atoms with Crippen LogP contribution in [0.3, 0.4) is 0 Å². The first-order chi connectivity index (χ1) is 32.7. The zero-order chi connectivity index (χ0) is 46.7. The predicted octanol–water partition coefficient (Wildman–Crippen LogP) is 4.52. The molecule has 5 aromatic rings. The van der Waals surface area contributed by atoms with Crippen LogP contribution in [0.4, 0.5) is 5.82 Å². The number of carbonyl (C=O) groups excluding carboxylic acids is 5. The average Bonchev–Trinajstić information content (AvgIpc) is 3.86. The van der Waals surface area contributed by atoms with Crippen LogP contribution in [0.25, 0.3) is 22.3 Å². The summed E-state index contributed by atoms with van der Waals surface area (Å²) >= 11 is 0. The van der Waals surface area contributed by atoms with Gasteiger partial charge >= 0.3 is 0 Å². The molecule has 2 fully saturated rings. The fraction of sp³-hybridized carbons (Fsp3) is 0.375. The molecule has 67 heavy (non-hydrogen) atoms. The molecule has 3 aromatic carbocycles. The van der Waals surface area contributed by atoms with Gasteiger partial charge in [-0.3, -0.25) is 34.2 Å². The molecule has 2 atom stereocenters. The number of ether oxygens (including phenoxy) is 6. The number of nitrogen functional groups attached to an aromatic ring is 1. The van der Waals surface area contributed by atoms with Gasteiger partial charge in [0, 0.05) is 37.1 Å². The van der Waals surface area contributed by atoms with Gasteiger partial charge < -0.3 is 39.1 Å². The van der Waals surface area contributed by atoms with Gasteiger partial charge in [-0.1, -0.05) is 30.8 Å². The number of aromatic nitrogens is 4. The third kappa shape index (κ3) is 11.0. The highest BCUT2D eigenvalue weighted by molar-refractivity contribution is 6.24. The average molecular weight is 917 g/mol. The second-order valence-electron chi connectivity index (χ2n) is 16.0. The predicted molar refractivity (Wildman–Crippen MR) is 242 cm³/mol. The Morgan fingerprint density at radius 1 is 0.776 bits per heavy atom. The molecule has 19 heteroatoms. The summed E-state index contributed by atoms with van der Waals surface area (Å²) in [6, 6.07) is 20.7. The Morgan fingerprint density at radius 2 is 1.46 bits per heavy atom. The maximum Gasteiger partial charge on any atom is 0.266 e. The Kier molecular flexibility index (Phi) is 15.2. The lowest BCUT2D eigenvalue weighted by molar-refractivity contribution is -0.136. The summed E-state index contributed by atoms with van der Waals surface area (Å²) < 4.78 is 36.1. The molecule has 0 aliphatic carbocycles. The standard InChI is InChI=1S/C48H52N8O11/c1-31(46(59)54-19-6-7-33(29-54)56-44-41(43(49)50-30-51-44)42(53-56)32-12-14-35(15-13-32)67-34-8-3-2-4-9-34)18-20-62-21-22-63-23-24-64-25-26-65-27-28-66-38-11-5-10-36-40(38)48(61)55(47(36)60)37-16-17-39(57)52-45(37)58/h2-5,8-15,30,33,37H,1,6-7,16-29H2,(H2,49,50,51)(H,52,57,58). The van der Waals surface area contributed by atoms with E-state index in [2.05, 4.69) is 21.9 Å². The third-order valence-electron chi connectivity index (χ3n) is 11.5. The molecule has 2 saturated heterocycles. The zero-order valence-corrected chi connectivity index (χ0v) is 36.9. The smallest absolute Gasteiger partial charge is 0.266 e. The third-order valence-corrected chi connectivity index (χ3v) is 11.5. The van der Waals surface area contributed by atoms with Gasteiger partial charge in [0.05, 0.1) is 75.4 Å². The number of fused-ring (bicyclic) bond motifs is 2. The molecule has 0 bridgehead atoms. The minimum absolute atomic E-state index is 0.0381. The molecule has 2 unspecified atom stereocenters. The van der Waals surface area contributed by atoms with Crippen LogP contribution in [-0.2, 0) is 33.3 Å². The van der Waals surface area contributed by atoms with Crippen molar-refractivity contribution in [3.8, 4) is 28.5 Å². The van der Waals surface area contributed by atoms with E-state index in [0.717, 1.165) is 29.1 Å². The number of likely N-dealkylation sites (tertiary alicyclic amines) is 1. The summed E-state index contributed by atoms with van der Waals surface area (Å²) in [7, 11) is 0. The number of hydrogen-bond donors (Lipinski definition) is 2. The van der Waals surface area contributed by atoms with E-state index < -0.39 is 29.7 Å². The summed E-state index contributed by atoms with van der Waals surface area (Å²) in [6.07, 6.45) is 3.52. The van der Waals surface area contributed by atoms with E-state index in [1.807, 2.05) is 64.2 Å². The lowest BCUT2D eigenvalue weighted by Crippen LogP contribution is -2.54. The Labute approximate surface area is 386 Å². The fourth-order valence-corrected chi connectivity index (χ4v) is 8.20. The highest BCUT2D eigenvalue weighted by Gasteiger charge is 2.46. The van der Waals surface area contributed by atoms with E-state index >= 15 is 0 Å². The SMILES string of the molecule is C=C(CCOCCOCCOCCOCCOc1cccc2c1C(=O)N(C1CCC(=O)NC1=O)C2=O)C(=O)N1CCCC(n2nc(-c3ccc(Oc4ccccc4)cc3)c3c(N)ncnc32)C1. The van der Waals surface area contributed by atoms with E-state index in [-0.39, 0.29) is 54.9 Å². The molecule has 5 amide bonds. The van der Waals surface area contributed by atoms with Gasteiger partial charge in [-0.15, -0.1) is 0 Å². The van der Waals surface area contributed by atoms with Gasteiger partial charge in [0.25, 0.3) is 11.8 Å². The number of para-hydroxylation sites is 1. The van der Waals surface area contributed by atoms with Crippen molar-refractivity contribution in [2.45, 2.75) is 44.2 Å². The molecule has 8 rings (SSSR count). The number of imide groups is 2. The number of anilines is 1. The molecule has 350 valence electrons. The molecule has 3 aliphatic rings. The number of nitrogens with one attached hydrogen (secondary N) is 1. The maximum atomic E-state index is 13.5. The molecular formula is C48H52N8O11. The van der Waals surface area contributed by atoms with Crippen LogP contribution in [0, 0.1) is 0 Å². The van der Waals surface area contributed by atoms with Crippen molar-refractivity contribution in [3.05, 3.63) is 102 Å². The summed E-state index contributed by atoms with van der Waals surface area (Å²) in [5, 5.41) is 7.85. The number of nitrogens with two attached hydrogens (primary N) is 1. The zero-order valence-electron chi connectivity index (χ0n) is 36.9.